The van der Waals surface area contributed by atoms with Gasteiger partial charge in [-0.05, 0) is 24.3 Å². The second kappa shape index (κ2) is 4.97. The normalized spacial score (nSPS) is 10.9. The van der Waals surface area contributed by atoms with Gasteiger partial charge in [-0.15, -0.1) is 0 Å². The minimum atomic E-state index is -3.67. The van der Waals surface area contributed by atoms with Crippen LogP contribution in [0, 0.1) is 0 Å². The molecule has 1 N–H and O–H groups in total. The zero-order valence-corrected chi connectivity index (χ0v) is 10.1. The predicted molar refractivity (Wildman–Crippen MR) is 66.9 cm³/mol. The monoisotopic (exact) mass is 262 g/mol. The number of rotatable bonds is 4. The summed E-state index contributed by atoms with van der Waals surface area (Å²) in [4.78, 5) is 14.4. The van der Waals surface area contributed by atoms with Gasteiger partial charge in [0.05, 0.1) is 4.90 Å². The minimum absolute atomic E-state index is 0.0822. The minimum Gasteiger partial charge on any atom is -0.298 e. The smallest absolute Gasteiger partial charge is 0.263 e. The fourth-order valence-corrected chi connectivity index (χ4v) is 2.35. The SMILES string of the molecule is O=Cc1ccc(S(=O)(=O)Nc2ccccn2)cc1. The highest BCUT2D eigenvalue weighted by atomic mass is 32.2. The molecule has 1 heterocycles. The predicted octanol–water partition coefficient (Wildman–Crippen LogP) is 1.69. The van der Waals surface area contributed by atoms with E-state index < -0.39 is 10.0 Å². The Hall–Kier alpha value is -2.21. The van der Waals surface area contributed by atoms with Gasteiger partial charge >= 0.3 is 0 Å². The summed E-state index contributed by atoms with van der Waals surface area (Å²) in [5.74, 6) is 0.247. The molecular weight excluding hydrogens is 252 g/mol. The summed E-state index contributed by atoms with van der Waals surface area (Å²) in [6.07, 6.45) is 2.15. The molecule has 0 aliphatic heterocycles. The van der Waals surface area contributed by atoms with Crippen LogP contribution in [0.15, 0.2) is 53.6 Å². The number of hydrogen-bond donors (Lipinski definition) is 1. The molecule has 5 nitrogen and oxygen atoms in total. The lowest BCUT2D eigenvalue weighted by Gasteiger charge is -2.06. The third-order valence-corrected chi connectivity index (χ3v) is 3.60. The summed E-state index contributed by atoms with van der Waals surface area (Å²) in [6.45, 7) is 0. The van der Waals surface area contributed by atoms with Gasteiger partial charge in [-0.25, -0.2) is 13.4 Å². The molecule has 0 aliphatic carbocycles. The maximum atomic E-state index is 12.0. The number of nitrogens with zero attached hydrogens (tertiary/aromatic N) is 1. The lowest BCUT2D eigenvalue weighted by atomic mass is 10.2. The largest absolute Gasteiger partial charge is 0.298 e. The molecule has 0 atom stereocenters. The molecule has 0 spiro atoms. The maximum Gasteiger partial charge on any atom is 0.263 e. The highest BCUT2D eigenvalue weighted by molar-refractivity contribution is 7.92. The van der Waals surface area contributed by atoms with E-state index in [2.05, 4.69) is 9.71 Å². The third-order valence-electron chi connectivity index (χ3n) is 2.23. The van der Waals surface area contributed by atoms with E-state index in [4.69, 9.17) is 0 Å². The summed E-state index contributed by atoms with van der Waals surface area (Å²) in [5.41, 5.74) is 0.423. The molecule has 0 aliphatic rings. The molecule has 92 valence electrons. The van der Waals surface area contributed by atoms with Gasteiger partial charge < -0.3 is 0 Å². The van der Waals surface area contributed by atoms with E-state index in [9.17, 15) is 13.2 Å². The Balaban J connectivity index is 2.28. The van der Waals surface area contributed by atoms with Gasteiger partial charge in [-0.3, -0.25) is 9.52 Å². The molecular formula is C12H10N2O3S. The molecule has 0 saturated heterocycles. The van der Waals surface area contributed by atoms with Crippen molar-refractivity contribution in [3.8, 4) is 0 Å². The number of nitrogens with one attached hydrogen (secondary N) is 1. The first-order valence-electron chi connectivity index (χ1n) is 5.11. The molecule has 2 rings (SSSR count). The Morgan fingerprint density at radius 2 is 1.78 bits per heavy atom. The lowest BCUT2D eigenvalue weighted by molar-refractivity contribution is 0.112. The number of pyridine rings is 1. The molecule has 1 aromatic carbocycles. The van der Waals surface area contributed by atoms with Crippen LogP contribution in [0.5, 0.6) is 0 Å². The quantitative estimate of drug-likeness (QED) is 0.851. The Labute approximate surface area is 105 Å². The molecule has 6 heteroatoms. The van der Waals surface area contributed by atoms with E-state index >= 15 is 0 Å². The first kappa shape index (κ1) is 12.3. The summed E-state index contributed by atoms with van der Waals surface area (Å²) in [6, 6.07) is 10.6. The highest BCUT2D eigenvalue weighted by Crippen LogP contribution is 2.14. The third kappa shape index (κ3) is 2.72. The second-order valence-electron chi connectivity index (χ2n) is 3.51. The van der Waals surface area contributed by atoms with Crippen LogP contribution in [0.4, 0.5) is 5.82 Å². The van der Waals surface area contributed by atoms with Gasteiger partial charge in [0.2, 0.25) is 0 Å². The molecule has 0 bridgehead atoms. The van der Waals surface area contributed by atoms with Crippen LogP contribution < -0.4 is 4.72 Å². The summed E-state index contributed by atoms with van der Waals surface area (Å²) in [7, 11) is -3.67. The van der Waals surface area contributed by atoms with E-state index in [0.717, 1.165) is 0 Å². The summed E-state index contributed by atoms with van der Waals surface area (Å²) < 4.78 is 26.3. The molecule has 0 fully saturated rings. The second-order valence-corrected chi connectivity index (χ2v) is 5.19. The average molecular weight is 262 g/mol. The van der Waals surface area contributed by atoms with Crippen LogP contribution in [-0.2, 0) is 10.0 Å². The van der Waals surface area contributed by atoms with Crippen LogP contribution in [0.2, 0.25) is 0 Å². The zero-order chi connectivity index (χ0) is 13.0. The van der Waals surface area contributed by atoms with Gasteiger partial charge in [-0.2, -0.15) is 0 Å². The number of carbonyl (C=O) groups excluding carboxylic acids is 1. The van der Waals surface area contributed by atoms with Gasteiger partial charge in [-0.1, -0.05) is 18.2 Å². The molecule has 0 amide bonds. The number of aldehydes is 1. The number of carbonyl (C=O) groups is 1. The van der Waals surface area contributed by atoms with Crippen LogP contribution in [0.25, 0.3) is 0 Å². The number of benzene rings is 1. The van der Waals surface area contributed by atoms with Crippen LogP contribution in [0.1, 0.15) is 10.4 Å². The topological polar surface area (TPSA) is 76.1 Å². The van der Waals surface area contributed by atoms with Crippen molar-refractivity contribution < 1.29 is 13.2 Å². The van der Waals surface area contributed by atoms with E-state index in [0.29, 0.717) is 11.8 Å². The van der Waals surface area contributed by atoms with Crippen LogP contribution in [-0.4, -0.2) is 19.7 Å². The molecule has 0 saturated carbocycles. The molecule has 0 unspecified atom stereocenters. The number of aromatic nitrogens is 1. The van der Waals surface area contributed by atoms with E-state index in [1.54, 1.807) is 18.2 Å². The number of hydrogen-bond acceptors (Lipinski definition) is 4. The highest BCUT2D eigenvalue weighted by Gasteiger charge is 2.14. The summed E-state index contributed by atoms with van der Waals surface area (Å²) in [5, 5.41) is 0. The number of sulfonamides is 1. The van der Waals surface area contributed by atoms with Crippen molar-refractivity contribution in [1.29, 1.82) is 0 Å². The van der Waals surface area contributed by atoms with E-state index in [1.807, 2.05) is 0 Å². The Morgan fingerprint density at radius 3 is 2.33 bits per heavy atom. The van der Waals surface area contributed by atoms with Gasteiger partial charge in [0.1, 0.15) is 12.1 Å². The fourth-order valence-electron chi connectivity index (χ4n) is 1.35. The molecule has 1 aromatic heterocycles. The van der Waals surface area contributed by atoms with Crippen molar-refractivity contribution in [3.05, 3.63) is 54.2 Å². The van der Waals surface area contributed by atoms with Crippen LogP contribution in [0.3, 0.4) is 0 Å². The summed E-state index contributed by atoms with van der Waals surface area (Å²) >= 11 is 0. The average Bonchev–Trinajstić information content (AvgIpc) is 2.39. The van der Waals surface area contributed by atoms with Crippen molar-refractivity contribution in [3.63, 3.8) is 0 Å². The first-order chi connectivity index (χ1) is 8.62. The van der Waals surface area contributed by atoms with Crippen molar-refractivity contribution in [1.82, 2.24) is 4.98 Å². The molecule has 0 radical (unpaired) electrons. The van der Waals surface area contributed by atoms with Crippen LogP contribution >= 0.6 is 0 Å². The standard InChI is InChI=1S/C12H10N2O3S/c15-9-10-4-6-11(7-5-10)18(16,17)14-12-3-1-2-8-13-12/h1-9H,(H,13,14). The maximum absolute atomic E-state index is 12.0. The first-order valence-corrected chi connectivity index (χ1v) is 6.59. The lowest BCUT2D eigenvalue weighted by Crippen LogP contribution is -2.13. The van der Waals surface area contributed by atoms with Gasteiger partial charge in [0.15, 0.2) is 0 Å². The van der Waals surface area contributed by atoms with Gasteiger partial charge in [0.25, 0.3) is 10.0 Å². The van der Waals surface area contributed by atoms with Gasteiger partial charge in [0, 0.05) is 11.8 Å². The molecule has 18 heavy (non-hydrogen) atoms. The molecule has 2 aromatic rings. The Bertz CT molecular complexity index is 637. The van der Waals surface area contributed by atoms with Crippen molar-refractivity contribution in [2.45, 2.75) is 4.90 Å². The Kier molecular flexibility index (Phi) is 3.38. The van der Waals surface area contributed by atoms with Crippen molar-refractivity contribution >= 4 is 22.1 Å². The van der Waals surface area contributed by atoms with E-state index in [-0.39, 0.29) is 10.7 Å². The fraction of sp³-hybridized carbons (Fsp3) is 0. The Morgan fingerprint density at radius 1 is 1.06 bits per heavy atom. The number of anilines is 1. The zero-order valence-electron chi connectivity index (χ0n) is 9.28. The van der Waals surface area contributed by atoms with Crippen molar-refractivity contribution in [2.75, 3.05) is 4.72 Å². The van der Waals surface area contributed by atoms with E-state index in [1.165, 1.54) is 30.5 Å². The van der Waals surface area contributed by atoms with Crippen molar-refractivity contribution in [2.24, 2.45) is 0 Å².